The smallest absolute Gasteiger partial charge is 0.433 e. The molecule has 0 atom stereocenters. The Kier molecular flexibility index (Phi) is 3.17. The Balaban J connectivity index is 3.21. The minimum Gasteiger partial charge on any atom is -0.478 e. The predicted octanol–water partition coefficient (Wildman–Crippen LogP) is 1.51. The van der Waals surface area contributed by atoms with E-state index in [1.165, 1.54) is 0 Å². The van der Waals surface area contributed by atoms with Crippen molar-refractivity contribution < 1.29 is 23.1 Å². The van der Waals surface area contributed by atoms with Gasteiger partial charge in [0.05, 0.1) is 25.2 Å². The number of hydrogen-bond donors (Lipinski definition) is 1. The Morgan fingerprint density at radius 3 is 2.69 bits per heavy atom. The summed E-state index contributed by atoms with van der Waals surface area (Å²) in [6, 6.07) is 1.66. The van der Waals surface area contributed by atoms with Gasteiger partial charge in [0, 0.05) is 0 Å². The Morgan fingerprint density at radius 2 is 2.25 bits per heavy atom. The van der Waals surface area contributed by atoms with Crippen LogP contribution in [0.25, 0.3) is 0 Å². The van der Waals surface area contributed by atoms with Crippen molar-refractivity contribution in [2.45, 2.75) is 19.1 Å². The fraction of sp³-hybridized carbons (Fsp3) is 0.375. The maximum Gasteiger partial charge on any atom is 0.433 e. The fourth-order valence-electron chi connectivity index (χ4n) is 1.17. The van der Waals surface area contributed by atoms with Gasteiger partial charge in [-0.05, 0) is 0 Å². The van der Waals surface area contributed by atoms with Crippen molar-refractivity contribution in [3.63, 3.8) is 0 Å². The molecule has 0 aliphatic carbocycles. The number of alkyl halides is 3. The molecule has 0 radical (unpaired) electrons. The van der Waals surface area contributed by atoms with Crippen LogP contribution in [-0.4, -0.2) is 20.9 Å². The van der Waals surface area contributed by atoms with Crippen molar-refractivity contribution in [3.8, 4) is 6.07 Å². The van der Waals surface area contributed by atoms with Crippen LogP contribution in [0.2, 0.25) is 0 Å². The standard InChI is InChI=1S/C8H6F3N3O2/c9-8(10,11)6-5(7(15)16)4-13-14(6)3-1-2-12/h4H,1,3H2,(H,15,16). The number of nitriles is 1. The molecule has 0 amide bonds. The molecule has 0 aliphatic rings. The van der Waals surface area contributed by atoms with Gasteiger partial charge in [0.1, 0.15) is 5.56 Å². The van der Waals surface area contributed by atoms with Crippen molar-refractivity contribution in [1.82, 2.24) is 9.78 Å². The van der Waals surface area contributed by atoms with Crippen molar-refractivity contribution >= 4 is 5.97 Å². The number of rotatable bonds is 3. The van der Waals surface area contributed by atoms with Crippen LogP contribution in [0.5, 0.6) is 0 Å². The zero-order chi connectivity index (χ0) is 12.3. The number of carboxylic acids is 1. The van der Waals surface area contributed by atoms with Crippen LogP contribution < -0.4 is 0 Å². The third-order valence-corrected chi connectivity index (χ3v) is 1.77. The Bertz CT molecular complexity index is 444. The van der Waals surface area contributed by atoms with E-state index in [0.29, 0.717) is 10.9 Å². The summed E-state index contributed by atoms with van der Waals surface area (Å²) in [5, 5.41) is 20.1. The van der Waals surface area contributed by atoms with Gasteiger partial charge in [0.2, 0.25) is 0 Å². The van der Waals surface area contributed by atoms with Gasteiger partial charge in [0.25, 0.3) is 0 Å². The van der Waals surface area contributed by atoms with Crippen LogP contribution in [0.3, 0.4) is 0 Å². The molecule has 1 heterocycles. The van der Waals surface area contributed by atoms with Gasteiger partial charge >= 0.3 is 12.1 Å². The second-order valence-electron chi connectivity index (χ2n) is 2.84. The van der Waals surface area contributed by atoms with Gasteiger partial charge in [-0.15, -0.1) is 0 Å². The molecule has 0 saturated heterocycles. The van der Waals surface area contributed by atoms with Crippen molar-refractivity contribution in [2.75, 3.05) is 0 Å². The lowest BCUT2D eigenvalue weighted by molar-refractivity contribution is -0.144. The first-order valence-corrected chi connectivity index (χ1v) is 4.11. The molecule has 5 nitrogen and oxygen atoms in total. The van der Waals surface area contributed by atoms with E-state index in [2.05, 4.69) is 5.10 Å². The van der Waals surface area contributed by atoms with E-state index in [4.69, 9.17) is 10.4 Å². The SMILES string of the molecule is N#CCCn1ncc(C(=O)O)c1C(F)(F)F. The molecule has 8 heteroatoms. The highest BCUT2D eigenvalue weighted by Crippen LogP contribution is 2.32. The number of halogens is 3. The molecule has 0 unspecified atom stereocenters. The Labute approximate surface area is 87.7 Å². The van der Waals surface area contributed by atoms with Gasteiger partial charge in [-0.2, -0.15) is 23.5 Å². The maximum absolute atomic E-state index is 12.5. The number of aromatic carboxylic acids is 1. The number of carboxylic acid groups (broad SMARTS) is 1. The summed E-state index contributed by atoms with van der Waals surface area (Å²) >= 11 is 0. The molecule has 0 bridgehead atoms. The summed E-state index contributed by atoms with van der Waals surface area (Å²) < 4.78 is 38.0. The molecule has 0 spiro atoms. The third-order valence-electron chi connectivity index (χ3n) is 1.77. The molecule has 16 heavy (non-hydrogen) atoms. The number of carbonyl (C=O) groups is 1. The second-order valence-corrected chi connectivity index (χ2v) is 2.84. The molecular weight excluding hydrogens is 227 g/mol. The van der Waals surface area contributed by atoms with Crippen LogP contribution in [0, 0.1) is 11.3 Å². The fourth-order valence-corrected chi connectivity index (χ4v) is 1.17. The van der Waals surface area contributed by atoms with E-state index in [9.17, 15) is 18.0 Å². The normalized spacial score (nSPS) is 11.1. The van der Waals surface area contributed by atoms with Gasteiger partial charge in [-0.3, -0.25) is 4.68 Å². The molecule has 86 valence electrons. The lowest BCUT2D eigenvalue weighted by Crippen LogP contribution is -2.18. The third kappa shape index (κ3) is 2.31. The van der Waals surface area contributed by atoms with Crippen LogP contribution >= 0.6 is 0 Å². The summed E-state index contributed by atoms with van der Waals surface area (Å²) in [5.41, 5.74) is -2.25. The summed E-state index contributed by atoms with van der Waals surface area (Å²) in [6.07, 6.45) is -4.36. The van der Waals surface area contributed by atoms with Gasteiger partial charge in [0.15, 0.2) is 5.69 Å². The minimum atomic E-state index is -4.81. The van der Waals surface area contributed by atoms with Crippen LogP contribution in [0.1, 0.15) is 22.5 Å². The van der Waals surface area contributed by atoms with Crippen molar-refractivity contribution in [2.24, 2.45) is 0 Å². The molecular formula is C8H6F3N3O2. The van der Waals surface area contributed by atoms with E-state index < -0.39 is 23.4 Å². The summed E-state index contributed by atoms with van der Waals surface area (Å²) in [6.45, 7) is -0.293. The van der Waals surface area contributed by atoms with E-state index in [0.717, 1.165) is 0 Å². The van der Waals surface area contributed by atoms with Gasteiger partial charge in [-0.1, -0.05) is 0 Å². The zero-order valence-electron chi connectivity index (χ0n) is 7.82. The summed E-state index contributed by atoms with van der Waals surface area (Å²) in [4.78, 5) is 10.5. The van der Waals surface area contributed by atoms with Crippen LogP contribution in [-0.2, 0) is 12.7 Å². The average Bonchev–Trinajstić information content (AvgIpc) is 2.57. The molecule has 1 aromatic rings. The quantitative estimate of drug-likeness (QED) is 0.858. The number of nitrogens with zero attached hydrogens (tertiary/aromatic N) is 3. The first kappa shape index (κ1) is 12.0. The highest BCUT2D eigenvalue weighted by molar-refractivity contribution is 5.88. The molecule has 1 aromatic heterocycles. The first-order valence-electron chi connectivity index (χ1n) is 4.11. The van der Waals surface area contributed by atoms with E-state index in [1.54, 1.807) is 6.07 Å². The lowest BCUT2D eigenvalue weighted by Gasteiger charge is -2.09. The molecule has 0 aliphatic heterocycles. The number of aryl methyl sites for hydroxylation is 1. The molecule has 0 saturated carbocycles. The molecule has 0 fully saturated rings. The number of aromatic nitrogens is 2. The van der Waals surface area contributed by atoms with Crippen molar-refractivity contribution in [1.29, 1.82) is 5.26 Å². The van der Waals surface area contributed by atoms with Crippen LogP contribution in [0.4, 0.5) is 13.2 Å². The summed E-state index contributed by atoms with van der Waals surface area (Å²) in [5.74, 6) is -1.70. The van der Waals surface area contributed by atoms with E-state index in [1.807, 2.05) is 0 Å². The van der Waals surface area contributed by atoms with Crippen LogP contribution in [0.15, 0.2) is 6.20 Å². The van der Waals surface area contributed by atoms with E-state index in [-0.39, 0.29) is 13.0 Å². The zero-order valence-corrected chi connectivity index (χ0v) is 7.82. The first-order chi connectivity index (χ1) is 7.38. The Hall–Kier alpha value is -2.04. The molecule has 1 N–H and O–H groups in total. The minimum absolute atomic E-state index is 0.177. The average molecular weight is 233 g/mol. The highest BCUT2D eigenvalue weighted by atomic mass is 19.4. The van der Waals surface area contributed by atoms with Gasteiger partial charge < -0.3 is 5.11 Å². The largest absolute Gasteiger partial charge is 0.478 e. The number of hydrogen-bond acceptors (Lipinski definition) is 3. The highest BCUT2D eigenvalue weighted by Gasteiger charge is 2.39. The summed E-state index contributed by atoms with van der Waals surface area (Å²) in [7, 11) is 0. The maximum atomic E-state index is 12.5. The van der Waals surface area contributed by atoms with Crippen molar-refractivity contribution in [3.05, 3.63) is 17.5 Å². The topological polar surface area (TPSA) is 78.9 Å². The second kappa shape index (κ2) is 4.22. The Morgan fingerprint density at radius 1 is 1.62 bits per heavy atom. The van der Waals surface area contributed by atoms with E-state index >= 15 is 0 Å². The monoisotopic (exact) mass is 233 g/mol. The molecule has 0 aromatic carbocycles. The molecule has 1 rings (SSSR count). The lowest BCUT2D eigenvalue weighted by atomic mass is 10.2. The van der Waals surface area contributed by atoms with Gasteiger partial charge in [-0.25, -0.2) is 4.79 Å². The predicted molar refractivity (Wildman–Crippen MR) is 44.4 cm³/mol.